The first-order valence-electron chi connectivity index (χ1n) is 7.39. The van der Waals surface area contributed by atoms with Crippen LogP contribution in [0.3, 0.4) is 0 Å². The van der Waals surface area contributed by atoms with Crippen molar-refractivity contribution in [1.82, 2.24) is 10.2 Å². The minimum Gasteiger partial charge on any atom is -0.491 e. The number of rotatable bonds is 8. The van der Waals surface area contributed by atoms with Crippen LogP contribution in [0.1, 0.15) is 33.3 Å². The normalized spacial score (nSPS) is 12.2. The number of hydrogen-bond acceptors (Lipinski definition) is 3. The molecule has 1 N–H and O–H groups in total. The smallest absolute Gasteiger partial charge is 0.119 e. The van der Waals surface area contributed by atoms with Gasteiger partial charge >= 0.3 is 0 Å². The van der Waals surface area contributed by atoms with Gasteiger partial charge in [0.15, 0.2) is 0 Å². The molecule has 0 bridgehead atoms. The van der Waals surface area contributed by atoms with Gasteiger partial charge in [-0.05, 0) is 51.1 Å². The number of hydrogen-bond donors (Lipinski definition) is 1. The molecule has 3 heteroatoms. The summed E-state index contributed by atoms with van der Waals surface area (Å²) in [5, 5.41) is 3.54. The fourth-order valence-electron chi connectivity index (χ4n) is 2.42. The van der Waals surface area contributed by atoms with Gasteiger partial charge in [0.1, 0.15) is 5.75 Å². The van der Waals surface area contributed by atoms with Crippen molar-refractivity contribution in [3.8, 4) is 5.75 Å². The van der Waals surface area contributed by atoms with Crippen molar-refractivity contribution in [2.45, 2.75) is 40.3 Å². The van der Waals surface area contributed by atoms with Gasteiger partial charge in [-0.25, -0.2) is 0 Å². The summed E-state index contributed by atoms with van der Waals surface area (Å²) in [7, 11) is 4.24. The molecule has 0 heterocycles. The third-order valence-electron chi connectivity index (χ3n) is 2.97. The maximum Gasteiger partial charge on any atom is 0.119 e. The van der Waals surface area contributed by atoms with E-state index in [9.17, 15) is 0 Å². The standard InChI is InChI=1S/C17H30N2O/c1-14(2)20-16-9-7-15(8-10-16)11-18-12-17(3,4)13-19(5)6/h7-10,14,18H,11-13H2,1-6H3. The van der Waals surface area contributed by atoms with Crippen LogP contribution in [0.4, 0.5) is 0 Å². The highest BCUT2D eigenvalue weighted by atomic mass is 16.5. The van der Waals surface area contributed by atoms with Gasteiger partial charge in [-0.15, -0.1) is 0 Å². The molecule has 0 aliphatic rings. The van der Waals surface area contributed by atoms with E-state index in [1.165, 1.54) is 5.56 Å². The van der Waals surface area contributed by atoms with Gasteiger partial charge in [0, 0.05) is 19.6 Å². The Labute approximate surface area is 124 Å². The molecule has 0 aliphatic carbocycles. The summed E-state index contributed by atoms with van der Waals surface area (Å²) >= 11 is 0. The van der Waals surface area contributed by atoms with Crippen molar-refractivity contribution in [3.63, 3.8) is 0 Å². The van der Waals surface area contributed by atoms with E-state index in [1.807, 2.05) is 26.0 Å². The molecule has 0 spiro atoms. The zero-order valence-corrected chi connectivity index (χ0v) is 13.9. The van der Waals surface area contributed by atoms with E-state index < -0.39 is 0 Å². The fourth-order valence-corrected chi connectivity index (χ4v) is 2.42. The summed E-state index contributed by atoms with van der Waals surface area (Å²) in [5.74, 6) is 0.941. The number of nitrogens with zero attached hydrogens (tertiary/aromatic N) is 1. The summed E-state index contributed by atoms with van der Waals surface area (Å²) in [4.78, 5) is 2.24. The van der Waals surface area contributed by atoms with Gasteiger partial charge in [0.05, 0.1) is 6.10 Å². The lowest BCUT2D eigenvalue weighted by atomic mass is 9.93. The highest BCUT2D eigenvalue weighted by Crippen LogP contribution is 2.16. The van der Waals surface area contributed by atoms with Crippen molar-refractivity contribution < 1.29 is 4.74 Å². The Morgan fingerprint density at radius 1 is 1.15 bits per heavy atom. The summed E-state index contributed by atoms with van der Waals surface area (Å²) in [5.41, 5.74) is 1.58. The molecule has 0 aliphatic heterocycles. The Bertz CT molecular complexity index is 382. The van der Waals surface area contributed by atoms with Gasteiger partial charge in [-0.2, -0.15) is 0 Å². The van der Waals surface area contributed by atoms with Gasteiger partial charge in [-0.3, -0.25) is 0 Å². The van der Waals surface area contributed by atoms with Gasteiger partial charge < -0.3 is 15.0 Å². The highest BCUT2D eigenvalue weighted by Gasteiger charge is 2.17. The Kier molecular flexibility index (Phi) is 6.50. The molecule has 0 radical (unpaired) electrons. The van der Waals surface area contributed by atoms with Crippen molar-refractivity contribution in [2.24, 2.45) is 5.41 Å². The largest absolute Gasteiger partial charge is 0.491 e. The van der Waals surface area contributed by atoms with E-state index in [4.69, 9.17) is 4.74 Å². The van der Waals surface area contributed by atoms with Crippen LogP contribution in [0.15, 0.2) is 24.3 Å². The van der Waals surface area contributed by atoms with E-state index in [-0.39, 0.29) is 11.5 Å². The monoisotopic (exact) mass is 278 g/mol. The predicted molar refractivity (Wildman–Crippen MR) is 86.2 cm³/mol. The molecule has 0 unspecified atom stereocenters. The average Bonchev–Trinajstić information content (AvgIpc) is 2.28. The van der Waals surface area contributed by atoms with E-state index in [2.05, 4.69) is 50.3 Å². The molecule has 1 aromatic rings. The highest BCUT2D eigenvalue weighted by molar-refractivity contribution is 5.27. The minimum absolute atomic E-state index is 0.228. The zero-order valence-electron chi connectivity index (χ0n) is 13.9. The van der Waals surface area contributed by atoms with Gasteiger partial charge in [0.2, 0.25) is 0 Å². The van der Waals surface area contributed by atoms with Gasteiger partial charge in [0.25, 0.3) is 0 Å². The van der Waals surface area contributed by atoms with Crippen LogP contribution in [0, 0.1) is 5.41 Å². The van der Waals surface area contributed by atoms with Crippen molar-refractivity contribution in [2.75, 3.05) is 27.2 Å². The Balaban J connectivity index is 2.38. The molecule has 0 atom stereocenters. The lowest BCUT2D eigenvalue weighted by molar-refractivity contribution is 0.232. The van der Waals surface area contributed by atoms with Crippen molar-refractivity contribution in [1.29, 1.82) is 0 Å². The predicted octanol–water partition coefficient (Wildman–Crippen LogP) is 3.15. The topological polar surface area (TPSA) is 24.5 Å². The van der Waals surface area contributed by atoms with Crippen LogP contribution in [0.25, 0.3) is 0 Å². The maximum atomic E-state index is 5.65. The molecule has 0 fully saturated rings. The van der Waals surface area contributed by atoms with E-state index >= 15 is 0 Å². The molecule has 0 aromatic heterocycles. The van der Waals surface area contributed by atoms with Crippen LogP contribution in [0.2, 0.25) is 0 Å². The molecule has 0 saturated heterocycles. The Morgan fingerprint density at radius 2 is 1.75 bits per heavy atom. The second-order valence-corrected chi connectivity index (χ2v) is 6.82. The molecule has 20 heavy (non-hydrogen) atoms. The van der Waals surface area contributed by atoms with Crippen LogP contribution in [-0.4, -0.2) is 38.2 Å². The molecule has 0 saturated carbocycles. The molecular formula is C17H30N2O. The van der Waals surface area contributed by atoms with E-state index in [0.717, 1.165) is 25.4 Å². The summed E-state index contributed by atoms with van der Waals surface area (Å²) in [6.07, 6.45) is 0.228. The molecule has 114 valence electrons. The summed E-state index contributed by atoms with van der Waals surface area (Å²) in [6, 6.07) is 8.34. The second kappa shape index (κ2) is 7.65. The number of ether oxygens (including phenoxy) is 1. The maximum absolute atomic E-state index is 5.65. The third kappa shape index (κ3) is 6.92. The lowest BCUT2D eigenvalue weighted by Gasteiger charge is -2.28. The first-order chi connectivity index (χ1) is 9.28. The van der Waals surface area contributed by atoms with Crippen LogP contribution < -0.4 is 10.1 Å². The summed E-state index contributed by atoms with van der Waals surface area (Å²) in [6.45, 7) is 11.7. The van der Waals surface area contributed by atoms with Crippen molar-refractivity contribution >= 4 is 0 Å². The number of nitrogens with one attached hydrogen (secondary N) is 1. The van der Waals surface area contributed by atoms with Crippen LogP contribution >= 0.6 is 0 Å². The Morgan fingerprint density at radius 3 is 2.25 bits per heavy atom. The minimum atomic E-state index is 0.228. The van der Waals surface area contributed by atoms with Crippen LogP contribution in [-0.2, 0) is 6.54 Å². The number of benzene rings is 1. The van der Waals surface area contributed by atoms with Crippen LogP contribution in [0.5, 0.6) is 5.75 Å². The van der Waals surface area contributed by atoms with E-state index in [1.54, 1.807) is 0 Å². The first-order valence-corrected chi connectivity index (χ1v) is 7.39. The summed E-state index contributed by atoms with van der Waals surface area (Å²) < 4.78 is 5.65. The molecule has 3 nitrogen and oxygen atoms in total. The SMILES string of the molecule is CC(C)Oc1ccc(CNCC(C)(C)CN(C)C)cc1. The van der Waals surface area contributed by atoms with E-state index in [0.29, 0.717) is 0 Å². The average molecular weight is 278 g/mol. The fraction of sp³-hybridized carbons (Fsp3) is 0.647. The molecule has 0 amide bonds. The lowest BCUT2D eigenvalue weighted by Crippen LogP contribution is -2.37. The molecular weight excluding hydrogens is 248 g/mol. The molecule has 1 rings (SSSR count). The second-order valence-electron chi connectivity index (χ2n) is 6.82. The Hall–Kier alpha value is -1.06. The zero-order chi connectivity index (χ0) is 15.2. The quantitative estimate of drug-likeness (QED) is 0.790. The van der Waals surface area contributed by atoms with Crippen molar-refractivity contribution in [3.05, 3.63) is 29.8 Å². The molecule has 1 aromatic carbocycles. The first kappa shape index (κ1) is 17.0. The third-order valence-corrected chi connectivity index (χ3v) is 2.97. The van der Waals surface area contributed by atoms with Gasteiger partial charge in [-0.1, -0.05) is 26.0 Å².